The minimum atomic E-state index is -0.442. The molecule has 0 fully saturated rings. The molecule has 2 aromatic heterocycles. The molecule has 0 saturated carbocycles. The van der Waals surface area contributed by atoms with Crippen LogP contribution >= 0.6 is 0 Å². The third-order valence-corrected chi connectivity index (χ3v) is 4.42. The monoisotopic (exact) mass is 384 g/mol. The number of amides is 2. The summed E-state index contributed by atoms with van der Waals surface area (Å²) in [5.41, 5.74) is 9.54. The quantitative estimate of drug-likeness (QED) is 0.483. The van der Waals surface area contributed by atoms with Crippen molar-refractivity contribution in [1.82, 2.24) is 9.97 Å². The lowest BCUT2D eigenvalue weighted by Gasteiger charge is -2.09. The van der Waals surface area contributed by atoms with Crippen molar-refractivity contribution in [3.8, 4) is 17.2 Å². The maximum Gasteiger partial charge on any atom is 0.323 e. The van der Waals surface area contributed by atoms with Crippen LogP contribution in [0.15, 0.2) is 59.3 Å². The Morgan fingerprint density at radius 1 is 1.10 bits per heavy atom. The van der Waals surface area contributed by atoms with Gasteiger partial charge in [-0.15, -0.1) is 0 Å². The van der Waals surface area contributed by atoms with E-state index < -0.39 is 6.03 Å². The van der Waals surface area contributed by atoms with Gasteiger partial charge < -0.3 is 20.8 Å². The zero-order chi connectivity index (χ0) is 20.4. The smallest absolute Gasteiger partial charge is 0.323 e. The molecule has 8 nitrogen and oxygen atoms in total. The van der Waals surface area contributed by atoms with Crippen molar-refractivity contribution >= 4 is 34.3 Å². The summed E-state index contributed by atoms with van der Waals surface area (Å²) in [7, 11) is 0. The van der Waals surface area contributed by atoms with Crippen LogP contribution < -0.4 is 16.4 Å². The molecule has 2 amide bonds. The summed E-state index contributed by atoms with van der Waals surface area (Å²) in [5.74, 6) is 1.03. The molecular weight excluding hydrogens is 368 g/mol. The van der Waals surface area contributed by atoms with Crippen LogP contribution in [-0.4, -0.2) is 16.0 Å². The second-order valence-electron chi connectivity index (χ2n) is 6.29. The molecule has 2 aromatic carbocycles. The summed E-state index contributed by atoms with van der Waals surface area (Å²) in [5, 5.41) is 15.2. The van der Waals surface area contributed by atoms with E-state index in [1.807, 2.05) is 25.1 Å². The minimum Gasteiger partial charge on any atom is -0.442 e. The highest BCUT2D eigenvalue weighted by atomic mass is 16.3. The fraction of sp³-hybridized carbons (Fsp3) is 0.0476. The van der Waals surface area contributed by atoms with Gasteiger partial charge in [0.1, 0.15) is 24.0 Å². The number of nitrogens with one attached hydrogen (secondary N) is 2. The van der Waals surface area contributed by atoms with Crippen LogP contribution in [0.1, 0.15) is 11.3 Å². The van der Waals surface area contributed by atoms with Gasteiger partial charge >= 0.3 is 6.03 Å². The molecule has 0 saturated heterocycles. The third-order valence-electron chi connectivity index (χ3n) is 4.42. The van der Waals surface area contributed by atoms with Crippen molar-refractivity contribution in [2.24, 2.45) is 0 Å². The van der Waals surface area contributed by atoms with Gasteiger partial charge in [-0.25, -0.2) is 14.8 Å². The van der Waals surface area contributed by atoms with E-state index in [0.717, 1.165) is 11.1 Å². The van der Waals surface area contributed by atoms with Crippen molar-refractivity contribution in [2.45, 2.75) is 6.92 Å². The summed E-state index contributed by atoms with van der Waals surface area (Å²) in [4.78, 5) is 20.4. The molecule has 4 aromatic rings. The van der Waals surface area contributed by atoms with E-state index in [2.05, 4.69) is 20.6 Å². The highest BCUT2D eigenvalue weighted by Crippen LogP contribution is 2.36. The number of hydrogen-bond acceptors (Lipinski definition) is 6. The van der Waals surface area contributed by atoms with E-state index in [1.54, 1.807) is 36.4 Å². The number of nitriles is 1. The number of hydrogen-bond donors (Lipinski definition) is 3. The van der Waals surface area contributed by atoms with Gasteiger partial charge in [-0.05, 0) is 36.8 Å². The average Bonchev–Trinajstić information content (AvgIpc) is 3.06. The Kier molecular flexibility index (Phi) is 4.55. The molecule has 0 bridgehead atoms. The number of nitrogens with two attached hydrogens (primary N) is 1. The number of anilines is 3. The minimum absolute atomic E-state index is 0.347. The van der Waals surface area contributed by atoms with Crippen LogP contribution in [0.3, 0.4) is 0 Å². The van der Waals surface area contributed by atoms with Crippen LogP contribution in [0, 0.1) is 18.3 Å². The van der Waals surface area contributed by atoms with Crippen molar-refractivity contribution < 1.29 is 9.21 Å². The molecule has 2 heterocycles. The van der Waals surface area contributed by atoms with Gasteiger partial charge in [0.05, 0.1) is 16.6 Å². The topological polar surface area (TPSA) is 130 Å². The second kappa shape index (κ2) is 7.32. The third kappa shape index (κ3) is 3.44. The van der Waals surface area contributed by atoms with Crippen LogP contribution in [0.5, 0.6) is 0 Å². The Balaban J connectivity index is 1.56. The molecular formula is C21H16N6O2. The number of rotatable bonds is 3. The van der Waals surface area contributed by atoms with Crippen LogP contribution in [-0.2, 0) is 0 Å². The van der Waals surface area contributed by atoms with Gasteiger partial charge in [-0.2, -0.15) is 5.26 Å². The summed E-state index contributed by atoms with van der Waals surface area (Å²) < 4.78 is 5.68. The number of urea groups is 1. The first-order chi connectivity index (χ1) is 14.1. The number of carbonyl (C=O) groups is 1. The maximum absolute atomic E-state index is 12.3. The standard InChI is InChI=1S/C21H16N6O2/c1-12-17(18-19(23)24-11-25-20(18)29-12)13-6-8-15(9-7-13)26-21(28)27-16-5-3-2-4-14(16)10-22/h2-9,11H,1H3,(H2,23,24,25)(H2,26,27,28). The van der Waals surface area contributed by atoms with E-state index in [1.165, 1.54) is 6.33 Å². The average molecular weight is 384 g/mol. The molecule has 0 spiro atoms. The highest BCUT2D eigenvalue weighted by molar-refractivity contribution is 6.02. The number of fused-ring (bicyclic) bond motifs is 1. The van der Waals surface area contributed by atoms with Gasteiger partial charge in [0.25, 0.3) is 0 Å². The first-order valence-electron chi connectivity index (χ1n) is 8.74. The Morgan fingerprint density at radius 3 is 2.62 bits per heavy atom. The van der Waals surface area contributed by atoms with Crippen molar-refractivity contribution in [3.05, 3.63) is 66.2 Å². The van der Waals surface area contributed by atoms with Gasteiger partial charge in [-0.3, -0.25) is 0 Å². The van der Waals surface area contributed by atoms with Crippen molar-refractivity contribution in [1.29, 1.82) is 5.26 Å². The van der Waals surface area contributed by atoms with E-state index in [-0.39, 0.29) is 0 Å². The summed E-state index contributed by atoms with van der Waals surface area (Å²) >= 11 is 0. The number of furan rings is 1. The van der Waals surface area contributed by atoms with Crippen molar-refractivity contribution in [3.63, 3.8) is 0 Å². The SMILES string of the molecule is Cc1oc2ncnc(N)c2c1-c1ccc(NC(=O)Nc2ccccc2C#N)cc1. The van der Waals surface area contributed by atoms with E-state index >= 15 is 0 Å². The number of nitrogen functional groups attached to an aromatic ring is 1. The Bertz CT molecular complexity index is 1250. The lowest BCUT2D eigenvalue weighted by molar-refractivity contribution is 0.262. The number of aromatic nitrogens is 2. The van der Waals surface area contributed by atoms with Crippen LogP contribution in [0.2, 0.25) is 0 Å². The number of carbonyl (C=O) groups excluding carboxylic acids is 1. The lowest BCUT2D eigenvalue weighted by atomic mass is 10.0. The molecule has 0 aliphatic carbocycles. The van der Waals surface area contributed by atoms with Gasteiger partial charge in [0.2, 0.25) is 5.71 Å². The predicted octanol–water partition coefficient (Wildman–Crippen LogP) is 4.30. The predicted molar refractivity (Wildman–Crippen MR) is 110 cm³/mol. The fourth-order valence-electron chi connectivity index (χ4n) is 3.11. The molecule has 29 heavy (non-hydrogen) atoms. The molecule has 4 rings (SSSR count). The normalized spacial score (nSPS) is 10.5. The zero-order valence-electron chi connectivity index (χ0n) is 15.4. The number of aryl methyl sites for hydroxylation is 1. The molecule has 0 atom stereocenters. The molecule has 0 radical (unpaired) electrons. The Morgan fingerprint density at radius 2 is 1.86 bits per heavy atom. The molecule has 0 aliphatic rings. The second-order valence-corrected chi connectivity index (χ2v) is 6.29. The lowest BCUT2D eigenvalue weighted by Crippen LogP contribution is -2.19. The largest absolute Gasteiger partial charge is 0.442 e. The van der Waals surface area contributed by atoms with E-state index in [4.69, 9.17) is 15.4 Å². The Labute approximate surface area is 166 Å². The van der Waals surface area contributed by atoms with E-state index in [9.17, 15) is 4.79 Å². The van der Waals surface area contributed by atoms with Gasteiger partial charge in [-0.1, -0.05) is 24.3 Å². The summed E-state index contributed by atoms with van der Waals surface area (Å²) in [6.07, 6.45) is 1.36. The van der Waals surface area contributed by atoms with Crippen LogP contribution in [0.4, 0.5) is 22.0 Å². The molecule has 4 N–H and O–H groups in total. The molecule has 0 unspecified atom stereocenters. The maximum atomic E-state index is 12.3. The Hall–Kier alpha value is -4.38. The van der Waals surface area contributed by atoms with E-state index in [0.29, 0.717) is 39.6 Å². The van der Waals surface area contributed by atoms with Gasteiger partial charge in [0.15, 0.2) is 0 Å². The van der Waals surface area contributed by atoms with Crippen LogP contribution in [0.25, 0.3) is 22.2 Å². The first-order valence-corrected chi connectivity index (χ1v) is 8.74. The van der Waals surface area contributed by atoms with Crippen molar-refractivity contribution in [2.75, 3.05) is 16.4 Å². The first kappa shape index (κ1) is 18.0. The summed E-state index contributed by atoms with van der Waals surface area (Å²) in [6.45, 7) is 1.84. The summed E-state index contributed by atoms with van der Waals surface area (Å²) in [6, 6.07) is 15.6. The number of benzene rings is 2. The molecule has 8 heteroatoms. The fourth-order valence-corrected chi connectivity index (χ4v) is 3.11. The molecule has 0 aliphatic heterocycles. The zero-order valence-corrected chi connectivity index (χ0v) is 15.4. The molecule has 142 valence electrons. The number of nitrogens with zero attached hydrogens (tertiary/aromatic N) is 3. The number of para-hydroxylation sites is 1. The van der Waals surface area contributed by atoms with Gasteiger partial charge in [0, 0.05) is 11.3 Å². The highest BCUT2D eigenvalue weighted by Gasteiger charge is 2.17.